The third kappa shape index (κ3) is 6.74. The highest BCUT2D eigenvalue weighted by molar-refractivity contribution is 5.94. The molecule has 5 aromatic heterocycles. The summed E-state index contributed by atoms with van der Waals surface area (Å²) in [5.41, 5.74) is -5.51. The molecule has 1 aliphatic heterocycles. The molecule has 20 heteroatoms. The number of fused-ring (bicyclic) bond motifs is 2. The lowest BCUT2D eigenvalue weighted by Gasteiger charge is -2.37. The van der Waals surface area contributed by atoms with Crippen molar-refractivity contribution in [3.05, 3.63) is 72.5 Å². The molecular weight excluding hydrogens is 750 g/mol. The fraction of sp³-hybridized carbons (Fsp3) is 0.378. The second-order valence-corrected chi connectivity index (χ2v) is 14.0. The van der Waals surface area contributed by atoms with E-state index in [1.165, 1.54) is 47.6 Å². The molecule has 57 heavy (non-hydrogen) atoms. The number of imidazole rings is 2. The first kappa shape index (κ1) is 38.7. The third-order valence-corrected chi connectivity index (χ3v) is 9.60. The summed E-state index contributed by atoms with van der Waals surface area (Å²) in [6.45, 7) is 9.20. The van der Waals surface area contributed by atoms with E-state index in [1.54, 1.807) is 12.1 Å². The molecule has 2 N–H and O–H groups in total. The highest BCUT2D eigenvalue weighted by Gasteiger charge is 2.68. The molecule has 1 aliphatic rings. The predicted octanol–water partition coefficient (Wildman–Crippen LogP) is 5.40. The average molecular weight is 789 g/mol. The number of benzene rings is 1. The second-order valence-electron chi connectivity index (χ2n) is 14.0. The molecule has 1 fully saturated rings. The first-order valence-electron chi connectivity index (χ1n) is 17.7. The van der Waals surface area contributed by atoms with Gasteiger partial charge in [-0.2, -0.15) is 0 Å². The predicted molar refractivity (Wildman–Crippen MR) is 196 cm³/mol. The van der Waals surface area contributed by atoms with E-state index in [9.17, 15) is 14.4 Å². The Morgan fingerprint density at radius 1 is 0.965 bits per heavy atom. The summed E-state index contributed by atoms with van der Waals surface area (Å²) in [6, 6.07) is 4.59. The van der Waals surface area contributed by atoms with Crippen LogP contribution in [0.5, 0.6) is 5.75 Å². The number of nitrogens with one attached hydrogen (secondary N) is 2. The van der Waals surface area contributed by atoms with E-state index < -0.39 is 64.2 Å². The molecule has 298 valence electrons. The molecule has 7 rings (SSSR count). The van der Waals surface area contributed by atoms with Crippen LogP contribution in [0.15, 0.2) is 54.2 Å². The molecular formula is C37H38F2N10O8. The number of hydrogen-bond donors (Lipinski definition) is 2. The van der Waals surface area contributed by atoms with Crippen LogP contribution in [-0.2, 0) is 30.3 Å². The molecule has 6 heterocycles. The van der Waals surface area contributed by atoms with Crippen molar-refractivity contribution in [2.45, 2.75) is 71.7 Å². The number of ether oxygens (including phenoxy) is 4. The fourth-order valence-corrected chi connectivity index (χ4v) is 6.78. The number of nitrogens with zero attached hydrogens (tertiary/aromatic N) is 8. The molecule has 0 bridgehead atoms. The number of alkyl halides is 1. The smallest absolute Gasteiger partial charge is 0.338 e. The Kier molecular flexibility index (Phi) is 10.1. The van der Waals surface area contributed by atoms with E-state index in [-0.39, 0.29) is 46.3 Å². The van der Waals surface area contributed by atoms with Gasteiger partial charge >= 0.3 is 17.9 Å². The molecule has 0 saturated carbocycles. The number of carbonyl (C=O) groups excluding carboxylic acids is 3. The standard InChI is InChI=1S/C37H38F2N10O8/c1-18(2)12-40-30-26-32(44-14-42-30)48(16-46-26)23-11-22(34(52)53-7)24(28(25(23)38)55-19(3)50)29-37(6,57-20(4)51)36(5,39)35(56-29)49-17-47-27-31(43-15-45-33(27)49)41-13-21-9-8-10-54-21/h8-11,14-18,29,35H,12-13H2,1-7H3,(H,40,42,44)(H,41,43,45)/t29-,35+,36+,37+/m1/s1. The molecule has 18 nitrogen and oxygen atoms in total. The van der Waals surface area contributed by atoms with Gasteiger partial charge in [0.1, 0.15) is 30.8 Å². The van der Waals surface area contributed by atoms with Gasteiger partial charge in [-0.25, -0.2) is 43.5 Å². The Bertz CT molecular complexity index is 2500. The third-order valence-electron chi connectivity index (χ3n) is 9.60. The number of anilines is 2. The molecule has 0 aliphatic carbocycles. The van der Waals surface area contributed by atoms with Gasteiger partial charge in [-0.1, -0.05) is 13.8 Å². The number of carbonyl (C=O) groups is 3. The zero-order valence-electron chi connectivity index (χ0n) is 31.9. The molecule has 0 spiro atoms. The highest BCUT2D eigenvalue weighted by atomic mass is 19.1. The first-order chi connectivity index (χ1) is 27.2. The summed E-state index contributed by atoms with van der Waals surface area (Å²) in [4.78, 5) is 65.2. The number of halogens is 2. The number of methoxy groups -OCH3 is 1. The van der Waals surface area contributed by atoms with Crippen molar-refractivity contribution < 1.29 is 46.5 Å². The first-order valence-corrected chi connectivity index (χ1v) is 17.7. The van der Waals surface area contributed by atoms with E-state index >= 15 is 8.78 Å². The maximum absolute atomic E-state index is 17.8. The highest BCUT2D eigenvalue weighted by Crippen LogP contribution is 2.59. The van der Waals surface area contributed by atoms with E-state index in [1.807, 2.05) is 13.8 Å². The van der Waals surface area contributed by atoms with Crippen LogP contribution >= 0.6 is 0 Å². The van der Waals surface area contributed by atoms with Crippen LogP contribution < -0.4 is 15.4 Å². The fourth-order valence-electron chi connectivity index (χ4n) is 6.78. The monoisotopic (exact) mass is 788 g/mol. The van der Waals surface area contributed by atoms with Crippen molar-refractivity contribution >= 4 is 51.9 Å². The van der Waals surface area contributed by atoms with Crippen LogP contribution in [0.3, 0.4) is 0 Å². The van der Waals surface area contributed by atoms with E-state index in [4.69, 9.17) is 23.4 Å². The largest absolute Gasteiger partial charge is 0.467 e. The summed E-state index contributed by atoms with van der Waals surface area (Å²) >= 11 is 0. The van der Waals surface area contributed by atoms with Gasteiger partial charge in [0, 0.05) is 26.0 Å². The minimum absolute atomic E-state index is 0.109. The van der Waals surface area contributed by atoms with Crippen molar-refractivity contribution in [2.24, 2.45) is 5.92 Å². The summed E-state index contributed by atoms with van der Waals surface area (Å²) in [5, 5.41) is 6.29. The van der Waals surface area contributed by atoms with Crippen molar-refractivity contribution in [3.8, 4) is 11.4 Å². The van der Waals surface area contributed by atoms with Crippen LogP contribution in [0.1, 0.15) is 75.6 Å². The molecule has 1 saturated heterocycles. The molecule has 0 unspecified atom stereocenters. The average Bonchev–Trinajstić information content (AvgIpc) is 3.97. The number of aromatic nitrogens is 8. The normalized spacial score (nSPS) is 20.6. The minimum atomic E-state index is -2.68. The van der Waals surface area contributed by atoms with Gasteiger partial charge in [-0.15, -0.1) is 0 Å². The number of esters is 3. The van der Waals surface area contributed by atoms with Crippen molar-refractivity contribution in [1.29, 1.82) is 0 Å². The van der Waals surface area contributed by atoms with Gasteiger partial charge < -0.3 is 34.0 Å². The molecule has 1 aromatic carbocycles. The Balaban J connectivity index is 1.40. The SMILES string of the molecule is COC(=O)c1cc(-n2cnc3c(NCC(C)C)ncnc32)c(F)c(OC(C)=O)c1[C@H]1O[C@H](n2cnc3c(NCc4ccco4)ncnc32)[C@](C)(F)[C@@]1(C)OC(C)=O. The molecule has 6 aromatic rings. The maximum Gasteiger partial charge on any atom is 0.338 e. The minimum Gasteiger partial charge on any atom is -0.467 e. The van der Waals surface area contributed by atoms with Crippen LogP contribution in [-0.4, -0.2) is 81.9 Å². The molecule has 0 amide bonds. The number of furan rings is 1. The zero-order chi connectivity index (χ0) is 40.8. The van der Waals surface area contributed by atoms with Crippen LogP contribution in [0, 0.1) is 11.7 Å². The van der Waals surface area contributed by atoms with Gasteiger partial charge in [-0.05, 0) is 38.0 Å². The van der Waals surface area contributed by atoms with Gasteiger partial charge in [0.05, 0.1) is 37.5 Å². The lowest BCUT2D eigenvalue weighted by atomic mass is 9.79. The van der Waals surface area contributed by atoms with Crippen molar-refractivity contribution in [2.75, 3.05) is 24.3 Å². The Morgan fingerprint density at radius 3 is 2.30 bits per heavy atom. The van der Waals surface area contributed by atoms with Gasteiger partial charge in [0.15, 0.2) is 63.0 Å². The van der Waals surface area contributed by atoms with Gasteiger partial charge in [0.25, 0.3) is 0 Å². The topological polar surface area (TPSA) is 213 Å². The van der Waals surface area contributed by atoms with Crippen molar-refractivity contribution in [1.82, 2.24) is 39.0 Å². The van der Waals surface area contributed by atoms with Crippen LogP contribution in [0.25, 0.3) is 28.0 Å². The number of hydrogen-bond acceptors (Lipinski definition) is 16. The quantitative estimate of drug-likeness (QED) is 0.117. The second kappa shape index (κ2) is 14.8. The Labute approximate surface area is 322 Å². The number of rotatable bonds is 12. The van der Waals surface area contributed by atoms with Gasteiger partial charge in [0.2, 0.25) is 0 Å². The summed E-state index contributed by atoms with van der Waals surface area (Å²) in [5.74, 6) is -3.47. The summed E-state index contributed by atoms with van der Waals surface area (Å²) < 4.78 is 65.7. The maximum atomic E-state index is 17.8. The van der Waals surface area contributed by atoms with E-state index in [0.717, 1.165) is 33.9 Å². The lowest BCUT2D eigenvalue weighted by molar-refractivity contribution is -0.174. The Morgan fingerprint density at radius 2 is 1.65 bits per heavy atom. The zero-order valence-corrected chi connectivity index (χ0v) is 31.9. The molecule has 4 atom stereocenters. The van der Waals surface area contributed by atoms with Crippen LogP contribution in [0.4, 0.5) is 20.4 Å². The lowest BCUT2D eigenvalue weighted by Crippen LogP contribution is -2.51. The Hall–Kier alpha value is -6.57. The molecule has 0 radical (unpaired) electrons. The van der Waals surface area contributed by atoms with Crippen LogP contribution in [0.2, 0.25) is 0 Å². The summed E-state index contributed by atoms with van der Waals surface area (Å²) in [6.07, 6.45) is 2.98. The summed E-state index contributed by atoms with van der Waals surface area (Å²) in [7, 11) is 1.07. The van der Waals surface area contributed by atoms with E-state index in [0.29, 0.717) is 18.1 Å². The van der Waals surface area contributed by atoms with Gasteiger partial charge in [-0.3, -0.25) is 18.7 Å². The van der Waals surface area contributed by atoms with E-state index in [2.05, 4.69) is 40.5 Å². The van der Waals surface area contributed by atoms with Crippen molar-refractivity contribution in [3.63, 3.8) is 0 Å².